The summed E-state index contributed by atoms with van der Waals surface area (Å²) in [6, 6.07) is 12.1. The first kappa shape index (κ1) is 21.3. The van der Waals surface area contributed by atoms with Crippen molar-refractivity contribution >= 4 is 11.5 Å². The molecule has 1 saturated carbocycles. The molecule has 0 amide bonds. The van der Waals surface area contributed by atoms with Crippen LogP contribution in [-0.4, -0.2) is 43.1 Å². The van der Waals surface area contributed by atoms with Crippen LogP contribution in [0.5, 0.6) is 0 Å². The van der Waals surface area contributed by atoms with Crippen molar-refractivity contribution in [2.75, 3.05) is 43.4 Å². The van der Waals surface area contributed by atoms with Crippen molar-refractivity contribution in [1.82, 2.24) is 15.2 Å². The van der Waals surface area contributed by atoms with E-state index >= 15 is 0 Å². The van der Waals surface area contributed by atoms with Gasteiger partial charge in [0.05, 0.1) is 5.69 Å². The average Bonchev–Trinajstić information content (AvgIpc) is 3.65. The molecule has 5 rings (SSSR count). The van der Waals surface area contributed by atoms with Crippen LogP contribution in [0, 0.1) is 5.92 Å². The number of ether oxygens (including phenoxy) is 1. The molecule has 32 heavy (non-hydrogen) atoms. The number of hydrogen-bond acceptors (Lipinski definition) is 6. The van der Waals surface area contributed by atoms with Crippen LogP contribution in [0.15, 0.2) is 49.0 Å². The van der Waals surface area contributed by atoms with Gasteiger partial charge >= 0.3 is 0 Å². The number of anilines is 2. The van der Waals surface area contributed by atoms with Crippen LogP contribution in [0.3, 0.4) is 0 Å². The number of pyridine rings is 1. The Morgan fingerprint density at radius 2 is 1.91 bits per heavy atom. The van der Waals surface area contributed by atoms with Crippen molar-refractivity contribution in [3.05, 3.63) is 65.7 Å². The third-order valence-corrected chi connectivity index (χ3v) is 7.12. The van der Waals surface area contributed by atoms with Crippen LogP contribution >= 0.6 is 0 Å². The highest BCUT2D eigenvalue weighted by atomic mass is 16.5. The van der Waals surface area contributed by atoms with E-state index in [1.807, 2.05) is 18.1 Å². The van der Waals surface area contributed by atoms with Gasteiger partial charge in [-0.2, -0.15) is 0 Å². The average molecular weight is 434 g/mol. The maximum Gasteiger partial charge on any atom is 0.186 e. The Bertz CT molecular complexity index is 949. The van der Waals surface area contributed by atoms with Gasteiger partial charge in [0.1, 0.15) is 12.4 Å². The molecule has 170 valence electrons. The van der Waals surface area contributed by atoms with E-state index in [1.54, 1.807) is 0 Å². The van der Waals surface area contributed by atoms with Gasteiger partial charge in [0.2, 0.25) is 0 Å². The molecule has 0 bridgehead atoms. The van der Waals surface area contributed by atoms with E-state index in [-0.39, 0.29) is 6.04 Å². The first-order valence-electron chi connectivity index (χ1n) is 11.9. The summed E-state index contributed by atoms with van der Waals surface area (Å²) in [7, 11) is 1.97. The SMILES string of the molecule is C=C1OCc2cnc(N[C@@H](C)c3ccc(C(CC4CC4)N4CCNCC4)cc3)cc2N1C. The fraction of sp³-hybridized carbons (Fsp3) is 0.500. The molecule has 2 atom stereocenters. The molecule has 1 unspecified atom stereocenters. The number of rotatable bonds is 7. The summed E-state index contributed by atoms with van der Waals surface area (Å²) in [5, 5.41) is 7.06. The number of benzene rings is 1. The molecule has 2 aliphatic heterocycles. The summed E-state index contributed by atoms with van der Waals surface area (Å²) in [5.74, 6) is 2.46. The predicted octanol–water partition coefficient (Wildman–Crippen LogP) is 4.44. The molecular weight excluding hydrogens is 398 g/mol. The van der Waals surface area contributed by atoms with E-state index < -0.39 is 0 Å². The van der Waals surface area contributed by atoms with Crippen molar-refractivity contribution in [3.63, 3.8) is 0 Å². The molecule has 1 aromatic heterocycles. The fourth-order valence-electron chi connectivity index (χ4n) is 4.84. The van der Waals surface area contributed by atoms with Crippen LogP contribution < -0.4 is 15.5 Å². The van der Waals surface area contributed by atoms with E-state index in [2.05, 4.69) is 64.4 Å². The highest BCUT2D eigenvalue weighted by Crippen LogP contribution is 2.40. The number of piperazine rings is 1. The summed E-state index contributed by atoms with van der Waals surface area (Å²) < 4.78 is 5.57. The minimum Gasteiger partial charge on any atom is -0.474 e. The quantitative estimate of drug-likeness (QED) is 0.673. The van der Waals surface area contributed by atoms with Crippen LogP contribution in [0.2, 0.25) is 0 Å². The second kappa shape index (κ2) is 9.12. The normalized spacial score (nSPS) is 20.9. The van der Waals surface area contributed by atoms with Crippen molar-refractivity contribution in [3.8, 4) is 0 Å². The van der Waals surface area contributed by atoms with Crippen molar-refractivity contribution in [2.45, 2.75) is 44.9 Å². The second-order valence-corrected chi connectivity index (χ2v) is 9.45. The first-order chi connectivity index (χ1) is 15.6. The molecular formula is C26H35N5O. The lowest BCUT2D eigenvalue weighted by Gasteiger charge is -2.35. The number of nitrogens with zero attached hydrogens (tertiary/aromatic N) is 3. The van der Waals surface area contributed by atoms with Gasteiger partial charge in [0.15, 0.2) is 5.88 Å². The molecule has 2 N–H and O–H groups in total. The molecule has 1 aromatic carbocycles. The monoisotopic (exact) mass is 433 g/mol. The first-order valence-corrected chi connectivity index (χ1v) is 11.9. The highest BCUT2D eigenvalue weighted by molar-refractivity contribution is 5.62. The zero-order chi connectivity index (χ0) is 22.1. The molecule has 0 radical (unpaired) electrons. The van der Waals surface area contributed by atoms with Crippen LogP contribution in [-0.2, 0) is 11.3 Å². The second-order valence-electron chi connectivity index (χ2n) is 9.45. The largest absolute Gasteiger partial charge is 0.474 e. The molecule has 6 nitrogen and oxygen atoms in total. The van der Waals surface area contributed by atoms with Crippen LogP contribution in [0.4, 0.5) is 11.5 Å². The van der Waals surface area contributed by atoms with Crippen LogP contribution in [0.25, 0.3) is 0 Å². The number of hydrogen-bond donors (Lipinski definition) is 2. The molecule has 1 saturated heterocycles. The maximum absolute atomic E-state index is 5.57. The Morgan fingerprint density at radius 1 is 1.19 bits per heavy atom. The summed E-state index contributed by atoms with van der Waals surface area (Å²) in [6.07, 6.45) is 6.01. The zero-order valence-electron chi connectivity index (χ0n) is 19.3. The zero-order valence-corrected chi connectivity index (χ0v) is 19.3. The minimum absolute atomic E-state index is 0.170. The summed E-state index contributed by atoms with van der Waals surface area (Å²) in [6.45, 7) is 11.2. The Kier molecular flexibility index (Phi) is 6.07. The minimum atomic E-state index is 0.170. The number of aromatic nitrogens is 1. The van der Waals surface area contributed by atoms with Gasteiger partial charge in [-0.3, -0.25) is 4.90 Å². The predicted molar refractivity (Wildman–Crippen MR) is 130 cm³/mol. The molecule has 3 heterocycles. The smallest absolute Gasteiger partial charge is 0.186 e. The van der Waals surface area contributed by atoms with Crippen molar-refractivity contribution < 1.29 is 4.74 Å². The van der Waals surface area contributed by atoms with E-state index in [0.717, 1.165) is 49.2 Å². The summed E-state index contributed by atoms with van der Waals surface area (Å²) in [4.78, 5) is 9.25. The molecule has 0 spiro atoms. The lowest BCUT2D eigenvalue weighted by Crippen LogP contribution is -2.45. The van der Waals surface area contributed by atoms with E-state index in [4.69, 9.17) is 4.74 Å². The van der Waals surface area contributed by atoms with E-state index in [0.29, 0.717) is 18.5 Å². The molecule has 6 heteroatoms. The third-order valence-electron chi connectivity index (χ3n) is 7.12. The lowest BCUT2D eigenvalue weighted by atomic mass is 9.96. The van der Waals surface area contributed by atoms with Gasteiger partial charge in [-0.05, 0) is 37.0 Å². The molecule has 3 aliphatic rings. The van der Waals surface area contributed by atoms with Gasteiger partial charge in [-0.1, -0.05) is 37.1 Å². The lowest BCUT2D eigenvalue weighted by molar-refractivity contribution is 0.160. The van der Waals surface area contributed by atoms with Gasteiger partial charge < -0.3 is 20.3 Å². The summed E-state index contributed by atoms with van der Waals surface area (Å²) in [5.41, 5.74) is 4.92. The highest BCUT2D eigenvalue weighted by Gasteiger charge is 2.30. The van der Waals surface area contributed by atoms with Crippen molar-refractivity contribution in [1.29, 1.82) is 0 Å². The molecule has 1 aliphatic carbocycles. The fourth-order valence-corrected chi connectivity index (χ4v) is 4.84. The van der Waals surface area contributed by atoms with Crippen molar-refractivity contribution in [2.24, 2.45) is 5.92 Å². The van der Waals surface area contributed by atoms with Gasteiger partial charge in [0.25, 0.3) is 0 Å². The molecule has 2 aromatic rings. The third kappa shape index (κ3) is 4.62. The number of fused-ring (bicyclic) bond motifs is 1. The van der Waals surface area contributed by atoms with Gasteiger partial charge in [-0.25, -0.2) is 4.98 Å². The summed E-state index contributed by atoms with van der Waals surface area (Å²) >= 11 is 0. The van der Waals surface area contributed by atoms with E-state index in [1.165, 1.54) is 30.4 Å². The Balaban J connectivity index is 1.28. The van der Waals surface area contributed by atoms with Crippen LogP contribution in [0.1, 0.15) is 55.0 Å². The Labute approximate surface area is 191 Å². The number of nitrogens with one attached hydrogen (secondary N) is 2. The Hall–Kier alpha value is -2.57. The van der Waals surface area contributed by atoms with Gasteiger partial charge in [-0.15, -0.1) is 0 Å². The Morgan fingerprint density at radius 3 is 2.62 bits per heavy atom. The topological polar surface area (TPSA) is 52.7 Å². The maximum atomic E-state index is 5.57. The standard InChI is InChI=1S/C26H35N5O/c1-18(29-26-15-24-23(16-28-26)17-32-19(2)30(24)3)21-6-8-22(9-7-21)25(14-20-4-5-20)31-12-10-27-11-13-31/h6-9,15-16,18,20,25,27H,2,4-5,10-14,17H2,1,3H3,(H,28,29)/t18-,25?/m0/s1. The van der Waals surface area contributed by atoms with E-state index in [9.17, 15) is 0 Å². The van der Waals surface area contributed by atoms with Gasteiger partial charge in [0, 0.05) is 63.1 Å². The molecule has 2 fully saturated rings.